The Morgan fingerprint density at radius 3 is 2.86 bits per heavy atom. The van der Waals surface area contributed by atoms with Crippen LogP contribution in [0.1, 0.15) is 51.8 Å². The van der Waals surface area contributed by atoms with Gasteiger partial charge in [0.25, 0.3) is 0 Å². The Labute approximate surface area is 138 Å². The highest BCUT2D eigenvalue weighted by Crippen LogP contribution is 2.26. The molecule has 0 saturated carbocycles. The molecular weight excluding hydrogens is 302 g/mol. The molecule has 3 atom stereocenters. The molecular formula is C15H28ClN5O. The van der Waals surface area contributed by atoms with Gasteiger partial charge in [0.1, 0.15) is 12.2 Å². The Morgan fingerprint density at radius 1 is 1.50 bits per heavy atom. The molecule has 126 valence electrons. The minimum Gasteiger partial charge on any atom is -0.341 e. The molecule has 1 aliphatic rings. The zero-order chi connectivity index (χ0) is 15.4. The van der Waals surface area contributed by atoms with E-state index in [2.05, 4.69) is 28.6 Å². The second kappa shape index (κ2) is 8.48. The maximum atomic E-state index is 12.5. The number of hydrogen-bond donors (Lipinski definition) is 1. The van der Waals surface area contributed by atoms with E-state index in [1.54, 1.807) is 6.33 Å². The maximum absolute atomic E-state index is 12.5. The van der Waals surface area contributed by atoms with Crippen molar-refractivity contribution in [2.45, 2.75) is 58.5 Å². The highest BCUT2D eigenvalue weighted by Gasteiger charge is 2.31. The molecule has 0 bridgehead atoms. The van der Waals surface area contributed by atoms with Gasteiger partial charge in [0.2, 0.25) is 5.91 Å². The zero-order valence-corrected chi connectivity index (χ0v) is 14.6. The van der Waals surface area contributed by atoms with Crippen LogP contribution in [0.2, 0.25) is 0 Å². The number of nitrogens with zero attached hydrogens (tertiary/aromatic N) is 4. The number of aryl methyl sites for hydroxylation is 1. The molecule has 2 rings (SSSR count). The average Bonchev–Trinajstić information content (AvgIpc) is 3.01. The van der Waals surface area contributed by atoms with E-state index in [-0.39, 0.29) is 30.2 Å². The fourth-order valence-electron chi connectivity index (χ4n) is 2.92. The first-order chi connectivity index (χ1) is 10.1. The first kappa shape index (κ1) is 18.9. The van der Waals surface area contributed by atoms with E-state index in [9.17, 15) is 4.79 Å². The number of nitrogens with two attached hydrogens (primary N) is 1. The van der Waals surface area contributed by atoms with Gasteiger partial charge in [0.15, 0.2) is 0 Å². The minimum absolute atomic E-state index is 0. The largest absolute Gasteiger partial charge is 0.341 e. The number of aromatic nitrogens is 3. The maximum Gasteiger partial charge on any atom is 0.239 e. The van der Waals surface area contributed by atoms with Gasteiger partial charge in [-0.1, -0.05) is 20.3 Å². The lowest BCUT2D eigenvalue weighted by Gasteiger charge is -2.35. The molecule has 1 aliphatic heterocycles. The lowest BCUT2D eigenvalue weighted by atomic mass is 9.94. The van der Waals surface area contributed by atoms with Crippen LogP contribution in [0, 0.1) is 5.92 Å². The summed E-state index contributed by atoms with van der Waals surface area (Å²) in [7, 11) is 0. The molecule has 6 nitrogen and oxygen atoms in total. The minimum atomic E-state index is -0.391. The predicted octanol–water partition coefficient (Wildman–Crippen LogP) is 1.80. The fraction of sp³-hybridized carbons (Fsp3) is 0.800. The summed E-state index contributed by atoms with van der Waals surface area (Å²) >= 11 is 0. The number of carbonyl (C=O) groups is 1. The molecule has 0 radical (unpaired) electrons. The van der Waals surface area contributed by atoms with Crippen molar-refractivity contribution in [1.82, 2.24) is 19.7 Å². The smallest absolute Gasteiger partial charge is 0.239 e. The third kappa shape index (κ3) is 3.98. The molecule has 0 spiro atoms. The van der Waals surface area contributed by atoms with Crippen molar-refractivity contribution < 1.29 is 4.79 Å². The summed E-state index contributed by atoms with van der Waals surface area (Å²) in [5.74, 6) is 1.56. The van der Waals surface area contributed by atoms with Crippen molar-refractivity contribution in [3.05, 3.63) is 12.2 Å². The van der Waals surface area contributed by atoms with Gasteiger partial charge in [-0.15, -0.1) is 22.6 Å². The van der Waals surface area contributed by atoms with Crippen LogP contribution >= 0.6 is 12.4 Å². The van der Waals surface area contributed by atoms with E-state index in [0.29, 0.717) is 6.54 Å². The summed E-state index contributed by atoms with van der Waals surface area (Å²) in [4.78, 5) is 14.4. The number of amides is 1. The highest BCUT2D eigenvalue weighted by atomic mass is 35.5. The van der Waals surface area contributed by atoms with Crippen LogP contribution in [0.5, 0.6) is 0 Å². The molecule has 0 aromatic carbocycles. The van der Waals surface area contributed by atoms with Crippen LogP contribution in [0.15, 0.2) is 6.33 Å². The monoisotopic (exact) mass is 329 g/mol. The highest BCUT2D eigenvalue weighted by molar-refractivity contribution is 5.85. The summed E-state index contributed by atoms with van der Waals surface area (Å²) in [5, 5.41) is 8.24. The Hall–Kier alpha value is -1.14. The number of halogens is 1. The lowest BCUT2D eigenvalue weighted by molar-refractivity contribution is -0.135. The molecule has 0 aliphatic carbocycles. The van der Waals surface area contributed by atoms with Gasteiger partial charge in [0.05, 0.1) is 6.04 Å². The van der Waals surface area contributed by atoms with E-state index in [1.165, 1.54) is 0 Å². The van der Waals surface area contributed by atoms with E-state index >= 15 is 0 Å². The van der Waals surface area contributed by atoms with Crippen LogP contribution in [0.4, 0.5) is 0 Å². The fourth-order valence-corrected chi connectivity index (χ4v) is 2.92. The second-order valence-electron chi connectivity index (χ2n) is 6.01. The third-order valence-electron chi connectivity index (χ3n) is 4.63. The van der Waals surface area contributed by atoms with E-state index in [4.69, 9.17) is 5.73 Å². The van der Waals surface area contributed by atoms with Gasteiger partial charge in [-0.25, -0.2) is 0 Å². The quantitative estimate of drug-likeness (QED) is 0.893. The van der Waals surface area contributed by atoms with Crippen LogP contribution in [0.25, 0.3) is 0 Å². The first-order valence-electron chi connectivity index (χ1n) is 8.00. The SMILES string of the molecule is CCC(C)C(N)C(=O)N1CCCC(c2nncn2CC)C1.Cl. The van der Waals surface area contributed by atoms with E-state index in [0.717, 1.165) is 38.2 Å². The Balaban J connectivity index is 0.00000242. The van der Waals surface area contributed by atoms with Gasteiger partial charge in [-0.05, 0) is 25.7 Å². The van der Waals surface area contributed by atoms with Crippen LogP contribution in [-0.2, 0) is 11.3 Å². The van der Waals surface area contributed by atoms with E-state index < -0.39 is 6.04 Å². The Morgan fingerprint density at radius 2 is 2.23 bits per heavy atom. The zero-order valence-electron chi connectivity index (χ0n) is 13.7. The number of carbonyl (C=O) groups excluding carboxylic acids is 1. The van der Waals surface area contributed by atoms with Gasteiger partial charge >= 0.3 is 0 Å². The first-order valence-corrected chi connectivity index (χ1v) is 8.00. The number of hydrogen-bond acceptors (Lipinski definition) is 4. The number of piperidine rings is 1. The Kier molecular flexibility index (Phi) is 7.29. The van der Waals surface area contributed by atoms with Crippen LogP contribution in [0.3, 0.4) is 0 Å². The molecule has 7 heteroatoms. The number of rotatable bonds is 5. The summed E-state index contributed by atoms with van der Waals surface area (Å²) < 4.78 is 2.06. The molecule has 22 heavy (non-hydrogen) atoms. The van der Waals surface area contributed by atoms with Crippen LogP contribution < -0.4 is 5.73 Å². The third-order valence-corrected chi connectivity index (χ3v) is 4.63. The van der Waals surface area contributed by atoms with Gasteiger partial charge < -0.3 is 15.2 Å². The molecule has 1 saturated heterocycles. The van der Waals surface area contributed by atoms with E-state index in [1.807, 2.05) is 11.8 Å². The molecule has 3 unspecified atom stereocenters. The molecule has 1 aromatic rings. The summed E-state index contributed by atoms with van der Waals surface area (Å²) in [6, 6.07) is -0.391. The summed E-state index contributed by atoms with van der Waals surface area (Å²) in [6.07, 6.45) is 4.75. The van der Waals surface area contributed by atoms with Crippen LogP contribution in [-0.4, -0.2) is 44.7 Å². The number of likely N-dealkylation sites (tertiary alicyclic amines) is 1. The molecule has 1 aromatic heterocycles. The van der Waals surface area contributed by atoms with Crippen molar-refractivity contribution in [2.75, 3.05) is 13.1 Å². The van der Waals surface area contributed by atoms with Crippen molar-refractivity contribution in [2.24, 2.45) is 11.7 Å². The standard InChI is InChI=1S/C15H27N5O.ClH/c1-4-11(3)13(16)15(21)20-8-6-7-12(9-20)14-18-17-10-19(14)5-2;/h10-13H,4-9,16H2,1-3H3;1H. The predicted molar refractivity (Wildman–Crippen MR) is 88.9 cm³/mol. The topological polar surface area (TPSA) is 77.0 Å². The van der Waals surface area contributed by atoms with Gasteiger partial charge in [-0.3, -0.25) is 4.79 Å². The lowest BCUT2D eigenvalue weighted by Crippen LogP contribution is -2.50. The van der Waals surface area contributed by atoms with Crippen molar-refractivity contribution in [3.8, 4) is 0 Å². The van der Waals surface area contributed by atoms with Crippen molar-refractivity contribution in [3.63, 3.8) is 0 Å². The molecule has 1 amide bonds. The average molecular weight is 330 g/mol. The van der Waals surface area contributed by atoms with Crippen molar-refractivity contribution in [1.29, 1.82) is 0 Å². The molecule has 1 fully saturated rings. The Bertz CT molecular complexity index is 478. The van der Waals surface area contributed by atoms with Gasteiger partial charge in [0, 0.05) is 25.6 Å². The summed E-state index contributed by atoms with van der Waals surface area (Å²) in [6.45, 7) is 8.57. The second-order valence-corrected chi connectivity index (χ2v) is 6.01. The van der Waals surface area contributed by atoms with Crippen molar-refractivity contribution >= 4 is 18.3 Å². The summed E-state index contributed by atoms with van der Waals surface area (Å²) in [5.41, 5.74) is 6.10. The van der Waals surface area contributed by atoms with Gasteiger partial charge in [-0.2, -0.15) is 0 Å². The molecule has 2 N–H and O–H groups in total. The normalized spacial score (nSPS) is 21.1. The molecule has 2 heterocycles.